The number of ether oxygens (including phenoxy) is 1. The highest BCUT2D eigenvalue weighted by molar-refractivity contribution is 7.09. The molecule has 122 valence electrons. The van der Waals surface area contributed by atoms with Gasteiger partial charge in [0.25, 0.3) is 0 Å². The van der Waals surface area contributed by atoms with Gasteiger partial charge in [0.15, 0.2) is 0 Å². The number of rotatable bonds is 7. The number of aliphatic hydroxyl groups excluding tert-OH is 1. The van der Waals surface area contributed by atoms with Crippen LogP contribution in [0.25, 0.3) is 0 Å². The molecule has 1 atom stereocenters. The molecule has 0 aliphatic carbocycles. The van der Waals surface area contributed by atoms with E-state index in [1.165, 1.54) is 11.3 Å². The molecule has 0 fully saturated rings. The van der Waals surface area contributed by atoms with Gasteiger partial charge in [0.1, 0.15) is 6.61 Å². The first-order chi connectivity index (χ1) is 9.52. The monoisotopic (exact) mass is 329 g/mol. The number of aromatic nitrogens is 1. The van der Waals surface area contributed by atoms with Crippen molar-refractivity contribution in [2.45, 2.75) is 51.1 Å². The first kappa shape index (κ1) is 18.3. The van der Waals surface area contributed by atoms with Gasteiger partial charge in [0.2, 0.25) is 0 Å². The molecule has 3 nitrogen and oxygen atoms in total. The largest absolute Gasteiger partial charge is 0.390 e. The van der Waals surface area contributed by atoms with Crippen LogP contribution < -0.4 is 0 Å². The van der Waals surface area contributed by atoms with Crippen LogP contribution in [0.5, 0.6) is 0 Å². The maximum atomic E-state index is 12.6. The van der Waals surface area contributed by atoms with E-state index in [4.69, 9.17) is 0 Å². The van der Waals surface area contributed by atoms with Crippen molar-refractivity contribution in [1.82, 2.24) is 4.98 Å². The van der Waals surface area contributed by atoms with E-state index in [1.54, 1.807) is 0 Å². The van der Waals surface area contributed by atoms with E-state index in [-0.39, 0.29) is 11.8 Å². The summed E-state index contributed by atoms with van der Waals surface area (Å²) in [7, 11) is 0. The minimum Gasteiger partial charge on any atom is -0.390 e. The molecular formula is C13H19F4NO2S. The average Bonchev–Trinajstić information content (AvgIpc) is 2.76. The van der Waals surface area contributed by atoms with Crippen LogP contribution in [0.2, 0.25) is 0 Å². The van der Waals surface area contributed by atoms with Gasteiger partial charge in [-0.25, -0.2) is 13.8 Å². The summed E-state index contributed by atoms with van der Waals surface area (Å²) in [6.07, 6.45) is -4.69. The Morgan fingerprint density at radius 2 is 1.95 bits per heavy atom. The molecule has 1 aromatic heterocycles. The number of hydrogen-bond acceptors (Lipinski definition) is 4. The quantitative estimate of drug-likeness (QED) is 0.781. The molecule has 0 radical (unpaired) electrons. The van der Waals surface area contributed by atoms with E-state index in [0.29, 0.717) is 5.01 Å². The number of thiazole rings is 1. The minimum atomic E-state index is -4.19. The second-order valence-corrected chi connectivity index (χ2v) is 6.75. The van der Waals surface area contributed by atoms with Crippen LogP contribution in [0, 0.1) is 0 Å². The van der Waals surface area contributed by atoms with Gasteiger partial charge >= 0.3 is 12.3 Å². The molecule has 1 aromatic rings. The smallest absolute Gasteiger partial charge is 0.330 e. The Hall–Kier alpha value is -0.730. The molecular weight excluding hydrogens is 310 g/mol. The van der Waals surface area contributed by atoms with Crippen LogP contribution in [0.15, 0.2) is 5.38 Å². The third-order valence-corrected chi connectivity index (χ3v) is 3.53. The van der Waals surface area contributed by atoms with E-state index in [0.717, 1.165) is 5.69 Å². The van der Waals surface area contributed by atoms with E-state index < -0.39 is 31.7 Å². The van der Waals surface area contributed by atoms with Gasteiger partial charge in [0, 0.05) is 17.2 Å². The fourth-order valence-electron chi connectivity index (χ4n) is 1.40. The number of aliphatic hydroxyl groups is 1. The Morgan fingerprint density at radius 3 is 2.43 bits per heavy atom. The highest BCUT2D eigenvalue weighted by atomic mass is 32.1. The molecule has 21 heavy (non-hydrogen) atoms. The lowest BCUT2D eigenvalue weighted by Gasteiger charge is -2.17. The molecule has 0 spiro atoms. The van der Waals surface area contributed by atoms with Crippen molar-refractivity contribution < 1.29 is 27.4 Å². The number of alkyl halides is 4. The lowest BCUT2D eigenvalue weighted by molar-refractivity contribution is -0.170. The zero-order chi connectivity index (χ0) is 16.3. The lowest BCUT2D eigenvalue weighted by Crippen LogP contribution is -2.34. The number of halogens is 4. The van der Waals surface area contributed by atoms with Gasteiger partial charge in [-0.2, -0.15) is 8.78 Å². The standard InChI is InChI=1S/C13H19F4NO2S/c1-12(2,3)9-6-21-10(18-9)4-8(19)5-20-7-13(16,17)11(14)15/h6,8,11,19H,4-5,7H2,1-3H3. The lowest BCUT2D eigenvalue weighted by atomic mass is 9.93. The molecule has 1 N–H and O–H groups in total. The SMILES string of the molecule is CC(C)(C)c1csc(CC(O)COCC(F)(F)C(F)F)n1. The van der Waals surface area contributed by atoms with Crippen molar-refractivity contribution in [1.29, 1.82) is 0 Å². The van der Waals surface area contributed by atoms with Crippen LogP contribution in [-0.4, -0.2) is 41.8 Å². The summed E-state index contributed by atoms with van der Waals surface area (Å²) in [6.45, 7) is 4.15. The van der Waals surface area contributed by atoms with Crippen LogP contribution in [0.1, 0.15) is 31.5 Å². The molecule has 8 heteroatoms. The van der Waals surface area contributed by atoms with Crippen molar-refractivity contribution in [3.63, 3.8) is 0 Å². The summed E-state index contributed by atoms with van der Waals surface area (Å²) in [5, 5.41) is 12.2. The van der Waals surface area contributed by atoms with Crippen molar-refractivity contribution in [2.75, 3.05) is 13.2 Å². The summed E-state index contributed by atoms with van der Waals surface area (Å²) < 4.78 is 53.4. The minimum absolute atomic E-state index is 0.116. The Balaban J connectivity index is 2.41. The molecule has 0 aromatic carbocycles. The first-order valence-corrected chi connectivity index (χ1v) is 7.27. The van der Waals surface area contributed by atoms with Gasteiger partial charge in [-0.15, -0.1) is 11.3 Å². The van der Waals surface area contributed by atoms with Crippen molar-refractivity contribution in [3.8, 4) is 0 Å². The van der Waals surface area contributed by atoms with E-state index in [1.807, 2.05) is 26.2 Å². The molecule has 0 aliphatic rings. The van der Waals surface area contributed by atoms with Gasteiger partial charge < -0.3 is 9.84 Å². The predicted octanol–water partition coefficient (Wildman–Crippen LogP) is 3.26. The maximum Gasteiger partial charge on any atom is 0.330 e. The maximum absolute atomic E-state index is 12.6. The average molecular weight is 329 g/mol. The van der Waals surface area contributed by atoms with Crippen molar-refractivity contribution in [3.05, 3.63) is 16.1 Å². The Labute approximate surface area is 125 Å². The number of nitrogens with zero attached hydrogens (tertiary/aromatic N) is 1. The van der Waals surface area contributed by atoms with Crippen molar-refractivity contribution in [2.24, 2.45) is 0 Å². The molecule has 0 saturated heterocycles. The van der Waals surface area contributed by atoms with E-state index in [2.05, 4.69) is 9.72 Å². The fraction of sp³-hybridized carbons (Fsp3) is 0.769. The Kier molecular flexibility index (Phi) is 6.12. The topological polar surface area (TPSA) is 42.4 Å². The van der Waals surface area contributed by atoms with Crippen LogP contribution in [-0.2, 0) is 16.6 Å². The molecule has 0 saturated carbocycles. The van der Waals surface area contributed by atoms with Crippen LogP contribution in [0.3, 0.4) is 0 Å². The highest BCUT2D eigenvalue weighted by Crippen LogP contribution is 2.25. The third kappa shape index (κ3) is 5.88. The zero-order valence-electron chi connectivity index (χ0n) is 12.1. The van der Waals surface area contributed by atoms with Gasteiger partial charge in [-0.05, 0) is 0 Å². The van der Waals surface area contributed by atoms with E-state index >= 15 is 0 Å². The van der Waals surface area contributed by atoms with Gasteiger partial charge in [-0.1, -0.05) is 20.8 Å². The summed E-state index contributed by atoms with van der Waals surface area (Å²) in [5.41, 5.74) is 0.759. The van der Waals surface area contributed by atoms with E-state index in [9.17, 15) is 22.7 Å². The summed E-state index contributed by atoms with van der Waals surface area (Å²) >= 11 is 1.35. The second kappa shape index (κ2) is 7.02. The third-order valence-electron chi connectivity index (χ3n) is 2.65. The predicted molar refractivity (Wildman–Crippen MR) is 72.3 cm³/mol. The number of hydrogen-bond donors (Lipinski definition) is 1. The fourth-order valence-corrected chi connectivity index (χ4v) is 2.50. The Morgan fingerprint density at radius 1 is 1.33 bits per heavy atom. The summed E-state index contributed by atoms with van der Waals surface area (Å²) in [6, 6.07) is 0. The zero-order valence-corrected chi connectivity index (χ0v) is 12.9. The van der Waals surface area contributed by atoms with Crippen LogP contribution >= 0.6 is 11.3 Å². The van der Waals surface area contributed by atoms with Gasteiger partial charge in [0.05, 0.1) is 23.4 Å². The van der Waals surface area contributed by atoms with Crippen LogP contribution in [0.4, 0.5) is 17.6 Å². The molecule has 1 rings (SSSR count). The second-order valence-electron chi connectivity index (χ2n) is 5.81. The van der Waals surface area contributed by atoms with Gasteiger partial charge in [-0.3, -0.25) is 0 Å². The molecule has 1 heterocycles. The summed E-state index contributed by atoms with van der Waals surface area (Å²) in [4.78, 5) is 4.34. The Bertz CT molecular complexity index is 446. The molecule has 0 bridgehead atoms. The molecule has 0 aliphatic heterocycles. The normalized spacial score (nSPS) is 14.7. The molecule has 0 amide bonds. The highest BCUT2D eigenvalue weighted by Gasteiger charge is 2.41. The first-order valence-electron chi connectivity index (χ1n) is 6.39. The summed E-state index contributed by atoms with van der Waals surface area (Å²) in [5.74, 6) is -4.19. The molecule has 1 unspecified atom stereocenters. The van der Waals surface area contributed by atoms with Crippen molar-refractivity contribution >= 4 is 11.3 Å².